The van der Waals surface area contributed by atoms with Crippen molar-refractivity contribution in [2.75, 3.05) is 32.1 Å². The Labute approximate surface area is 155 Å². The molecular formula is C17H21N2NaS. The van der Waals surface area contributed by atoms with E-state index in [-0.39, 0.29) is 31.0 Å². The summed E-state index contributed by atoms with van der Waals surface area (Å²) < 4.78 is 0. The van der Waals surface area contributed by atoms with E-state index >= 15 is 0 Å². The molecule has 0 aromatic heterocycles. The van der Waals surface area contributed by atoms with Crippen LogP contribution in [0.2, 0.25) is 0 Å². The molecule has 2 aromatic carbocycles. The number of fused-ring (bicyclic) bond motifs is 2. The van der Waals surface area contributed by atoms with Gasteiger partial charge in [-0.05, 0) is 51.3 Å². The Morgan fingerprint density at radius 1 is 0.952 bits per heavy atom. The maximum absolute atomic E-state index is 2.46. The molecule has 0 N–H and O–H groups in total. The van der Waals surface area contributed by atoms with Gasteiger partial charge in [-0.1, -0.05) is 36.0 Å². The Morgan fingerprint density at radius 3 is 2.00 bits per heavy atom. The van der Waals surface area contributed by atoms with E-state index in [9.17, 15) is 0 Å². The van der Waals surface area contributed by atoms with Crippen LogP contribution in [0.4, 0.5) is 11.4 Å². The van der Waals surface area contributed by atoms with Gasteiger partial charge < -0.3 is 11.2 Å². The summed E-state index contributed by atoms with van der Waals surface area (Å²) in [6.45, 7) is 2.18. The van der Waals surface area contributed by atoms with Crippen molar-refractivity contribution >= 4 is 23.1 Å². The molecule has 0 spiro atoms. The van der Waals surface area contributed by atoms with E-state index < -0.39 is 0 Å². The number of anilines is 2. The van der Waals surface area contributed by atoms with Crippen LogP contribution in [-0.2, 0) is 0 Å². The van der Waals surface area contributed by atoms with E-state index in [0.29, 0.717) is 0 Å². The van der Waals surface area contributed by atoms with Gasteiger partial charge in [-0.25, -0.2) is 0 Å². The number of nitrogens with zero attached hydrogens (tertiary/aromatic N) is 2. The van der Waals surface area contributed by atoms with E-state index in [0.717, 1.165) is 13.1 Å². The zero-order valence-electron chi connectivity index (χ0n) is 14.0. The van der Waals surface area contributed by atoms with Gasteiger partial charge in [0.25, 0.3) is 0 Å². The molecule has 0 bridgehead atoms. The largest absolute Gasteiger partial charge is 1.00 e. The maximum atomic E-state index is 2.46. The Morgan fingerprint density at radius 2 is 1.48 bits per heavy atom. The molecule has 1 aliphatic rings. The molecular weight excluding hydrogens is 287 g/mol. The minimum absolute atomic E-state index is 0. The van der Waals surface area contributed by atoms with Crippen LogP contribution in [0.25, 0.3) is 0 Å². The van der Waals surface area contributed by atoms with Crippen molar-refractivity contribution in [3.8, 4) is 0 Å². The van der Waals surface area contributed by atoms with Crippen molar-refractivity contribution in [1.29, 1.82) is 0 Å². The predicted molar refractivity (Wildman–Crippen MR) is 88.3 cm³/mol. The topological polar surface area (TPSA) is 6.48 Å². The second-order valence-corrected chi connectivity index (χ2v) is 6.43. The van der Waals surface area contributed by atoms with Gasteiger partial charge in [-0.3, -0.25) is 0 Å². The van der Waals surface area contributed by atoms with E-state index in [1.165, 1.54) is 27.6 Å². The second kappa shape index (κ2) is 7.70. The first kappa shape index (κ1) is 16.9. The van der Waals surface area contributed by atoms with E-state index in [2.05, 4.69) is 72.4 Å². The van der Waals surface area contributed by atoms with Crippen LogP contribution in [0.15, 0.2) is 58.3 Å². The fourth-order valence-electron chi connectivity index (χ4n) is 2.57. The first-order chi connectivity index (χ1) is 9.75. The molecule has 0 atom stereocenters. The fraction of sp³-hybridized carbons (Fsp3) is 0.294. The summed E-state index contributed by atoms with van der Waals surface area (Å²) in [6, 6.07) is 17.4. The van der Waals surface area contributed by atoms with Gasteiger partial charge in [0, 0.05) is 16.3 Å². The van der Waals surface area contributed by atoms with E-state index in [4.69, 9.17) is 0 Å². The Hall–Kier alpha value is -0.450. The number of rotatable bonds is 4. The Bertz CT molecular complexity index is 561. The van der Waals surface area contributed by atoms with Crippen LogP contribution in [0, 0.1) is 0 Å². The summed E-state index contributed by atoms with van der Waals surface area (Å²) in [7, 11) is 4.27. The molecule has 1 heterocycles. The average molecular weight is 308 g/mol. The molecule has 0 radical (unpaired) electrons. The summed E-state index contributed by atoms with van der Waals surface area (Å²) in [5.41, 5.74) is 2.69. The zero-order chi connectivity index (χ0) is 13.9. The van der Waals surface area contributed by atoms with Gasteiger partial charge in [0.15, 0.2) is 0 Å². The predicted octanol–water partition coefficient (Wildman–Crippen LogP) is 1.36. The van der Waals surface area contributed by atoms with Gasteiger partial charge in [0.1, 0.15) is 0 Å². The Balaban J connectivity index is 0.00000121. The third-order valence-electron chi connectivity index (χ3n) is 3.52. The van der Waals surface area contributed by atoms with Crippen LogP contribution in [0.1, 0.15) is 7.85 Å². The minimum atomic E-state index is 0. The van der Waals surface area contributed by atoms with Crippen molar-refractivity contribution in [3.63, 3.8) is 0 Å². The quantitative estimate of drug-likeness (QED) is 0.788. The third kappa shape index (κ3) is 3.85. The maximum Gasteiger partial charge on any atom is 1.00 e. The molecule has 0 saturated carbocycles. The van der Waals surface area contributed by atoms with Crippen molar-refractivity contribution in [2.24, 2.45) is 0 Å². The van der Waals surface area contributed by atoms with Crippen LogP contribution in [0.5, 0.6) is 0 Å². The van der Waals surface area contributed by atoms with Crippen molar-refractivity contribution < 1.29 is 31.0 Å². The average Bonchev–Trinajstić information content (AvgIpc) is 2.46. The molecule has 21 heavy (non-hydrogen) atoms. The van der Waals surface area contributed by atoms with Gasteiger partial charge in [0.05, 0.1) is 11.4 Å². The van der Waals surface area contributed by atoms with E-state index in [1.54, 1.807) is 0 Å². The molecule has 0 saturated heterocycles. The smallest absolute Gasteiger partial charge is 1.00 e. The van der Waals surface area contributed by atoms with Crippen molar-refractivity contribution in [1.82, 2.24) is 4.90 Å². The first-order valence-electron chi connectivity index (χ1n) is 7.04. The van der Waals surface area contributed by atoms with Gasteiger partial charge in [-0.2, -0.15) is 0 Å². The summed E-state index contributed by atoms with van der Waals surface area (Å²) in [5.74, 6) is 0. The standard InChI is InChI=1S/C17H20N2S.Na.H/c1-18(2)12-7-13-19-14-8-3-5-10-16(14)20-17-11-6-4-9-15(17)19;;/h3-6,8-11H,7,12-13H2,1-2H3;;/q;+1;-1. The van der Waals surface area contributed by atoms with Crippen molar-refractivity contribution in [2.45, 2.75) is 16.2 Å². The second-order valence-electron chi connectivity index (χ2n) is 5.35. The summed E-state index contributed by atoms with van der Waals surface area (Å²) in [6.07, 6.45) is 1.17. The van der Waals surface area contributed by atoms with Crippen molar-refractivity contribution in [3.05, 3.63) is 48.5 Å². The molecule has 0 amide bonds. The Kier molecular flexibility index (Phi) is 6.20. The molecule has 2 nitrogen and oxygen atoms in total. The first-order valence-corrected chi connectivity index (χ1v) is 7.85. The molecule has 0 fully saturated rings. The number of para-hydroxylation sites is 2. The van der Waals surface area contributed by atoms with Crippen LogP contribution < -0.4 is 34.5 Å². The molecule has 2 aromatic rings. The molecule has 0 unspecified atom stereocenters. The SMILES string of the molecule is CN(C)CCCN1c2ccccc2Sc2ccccc21.[H-].[Na+]. The molecule has 106 valence electrons. The van der Waals surface area contributed by atoms with Gasteiger partial charge in [0.2, 0.25) is 0 Å². The minimum Gasteiger partial charge on any atom is -1.00 e. The van der Waals surface area contributed by atoms with Gasteiger partial charge in [-0.15, -0.1) is 0 Å². The normalized spacial score (nSPS) is 12.6. The summed E-state index contributed by atoms with van der Waals surface area (Å²) in [5, 5.41) is 0. The van der Waals surface area contributed by atoms with Crippen LogP contribution in [0.3, 0.4) is 0 Å². The summed E-state index contributed by atoms with van der Waals surface area (Å²) in [4.78, 5) is 7.42. The molecule has 0 aliphatic carbocycles. The van der Waals surface area contributed by atoms with Crippen LogP contribution >= 0.6 is 11.8 Å². The fourth-order valence-corrected chi connectivity index (χ4v) is 3.66. The zero-order valence-corrected chi connectivity index (χ0v) is 15.9. The molecule has 3 rings (SSSR count). The summed E-state index contributed by atoms with van der Waals surface area (Å²) >= 11 is 1.87. The number of benzene rings is 2. The number of hydrogen-bond donors (Lipinski definition) is 0. The third-order valence-corrected chi connectivity index (χ3v) is 4.65. The van der Waals surface area contributed by atoms with E-state index in [1.807, 2.05) is 11.8 Å². The van der Waals surface area contributed by atoms with Gasteiger partial charge >= 0.3 is 29.6 Å². The monoisotopic (exact) mass is 308 g/mol. The number of hydrogen-bond acceptors (Lipinski definition) is 3. The molecule has 1 aliphatic heterocycles. The molecule has 4 heteroatoms. The van der Waals surface area contributed by atoms with Crippen LogP contribution in [-0.4, -0.2) is 32.1 Å².